The minimum Gasteiger partial charge on any atom is -0.379 e. The number of nitrogens with one attached hydrogen (secondary N) is 1. The van der Waals surface area contributed by atoms with Crippen LogP contribution in [0.1, 0.15) is 51.1 Å². The highest BCUT2D eigenvalue weighted by molar-refractivity contribution is 5.84. The number of ether oxygens (including phenoxy) is 2. The van der Waals surface area contributed by atoms with Crippen LogP contribution in [0.15, 0.2) is 18.2 Å². The maximum atomic E-state index is 13.8. The van der Waals surface area contributed by atoms with Crippen molar-refractivity contribution in [2.45, 2.75) is 81.9 Å². The smallest absolute Gasteiger partial charge is 0.379 e. The van der Waals surface area contributed by atoms with Crippen LogP contribution < -0.4 is 10.2 Å². The van der Waals surface area contributed by atoms with Crippen LogP contribution in [0.4, 0.5) is 19.0 Å². The quantitative estimate of drug-likeness (QED) is 0.653. The molecule has 1 N–H and O–H groups in total. The highest BCUT2D eigenvalue weighted by atomic mass is 19.4. The number of hydrogen-bond donors (Lipinski definition) is 1. The number of hydrogen-bond acceptors (Lipinski definition) is 6. The first-order valence-electron chi connectivity index (χ1n) is 12.7. The standard InChI is InChI=1S/C25H35F3N4O3/c1-3-24(9-7-16(12-24)29-19-8-10-35-15-20(19)34-2)23(33)32-14-17-11-18(32)13-31(17)22-6-4-5-21(30-22)25(26,27)28/h4-6,16-20,29H,3,7-15H2,1-2H3/t16-,17+,18+,19+,20-,24+/m1/s1. The number of carbonyl (C=O) groups is 1. The molecule has 0 aromatic carbocycles. The van der Waals surface area contributed by atoms with E-state index in [0.717, 1.165) is 51.2 Å². The van der Waals surface area contributed by atoms with Gasteiger partial charge in [0.2, 0.25) is 5.91 Å². The van der Waals surface area contributed by atoms with Gasteiger partial charge >= 0.3 is 6.18 Å². The molecule has 1 saturated carbocycles. The molecule has 0 spiro atoms. The van der Waals surface area contributed by atoms with Crippen molar-refractivity contribution in [3.05, 3.63) is 23.9 Å². The van der Waals surface area contributed by atoms with Gasteiger partial charge in [-0.05, 0) is 50.7 Å². The summed E-state index contributed by atoms with van der Waals surface area (Å²) in [4.78, 5) is 21.7. The number of pyridine rings is 1. The third kappa shape index (κ3) is 4.64. The van der Waals surface area contributed by atoms with Crippen molar-refractivity contribution in [1.82, 2.24) is 15.2 Å². The van der Waals surface area contributed by atoms with Crippen LogP contribution in [0, 0.1) is 5.41 Å². The number of rotatable bonds is 6. The van der Waals surface area contributed by atoms with E-state index in [1.165, 1.54) is 6.07 Å². The number of halogens is 3. The van der Waals surface area contributed by atoms with E-state index in [9.17, 15) is 18.0 Å². The van der Waals surface area contributed by atoms with E-state index in [-0.39, 0.29) is 41.6 Å². The number of likely N-dealkylation sites (tertiary alicyclic amines) is 1. The van der Waals surface area contributed by atoms with Gasteiger partial charge in [-0.25, -0.2) is 4.98 Å². The molecule has 6 atom stereocenters. The molecule has 1 aromatic rings. The Bertz CT molecular complexity index is 931. The van der Waals surface area contributed by atoms with Gasteiger partial charge in [-0.15, -0.1) is 0 Å². The fourth-order valence-corrected chi connectivity index (χ4v) is 6.61. The summed E-state index contributed by atoms with van der Waals surface area (Å²) in [7, 11) is 1.71. The number of amides is 1. The summed E-state index contributed by atoms with van der Waals surface area (Å²) in [6, 6.07) is 4.57. The number of fused-ring (bicyclic) bond motifs is 2. The van der Waals surface area contributed by atoms with E-state index in [0.29, 0.717) is 25.5 Å². The van der Waals surface area contributed by atoms with E-state index < -0.39 is 11.9 Å². The molecular formula is C25H35F3N4O3. The van der Waals surface area contributed by atoms with E-state index in [2.05, 4.69) is 17.2 Å². The Kier molecular flexibility index (Phi) is 6.74. The van der Waals surface area contributed by atoms with Crippen molar-refractivity contribution in [3.8, 4) is 0 Å². The Hall–Kier alpha value is -1.91. The van der Waals surface area contributed by atoms with Gasteiger partial charge in [-0.1, -0.05) is 13.0 Å². The van der Waals surface area contributed by atoms with Crippen LogP contribution in [0.3, 0.4) is 0 Å². The lowest BCUT2D eigenvalue weighted by molar-refractivity contribution is -0.143. The van der Waals surface area contributed by atoms with Crippen molar-refractivity contribution in [2.24, 2.45) is 5.41 Å². The zero-order chi connectivity index (χ0) is 24.8. The second-order valence-electron chi connectivity index (χ2n) is 10.5. The average Bonchev–Trinajstić information content (AvgIpc) is 3.58. The summed E-state index contributed by atoms with van der Waals surface area (Å²) < 4.78 is 50.5. The molecule has 0 radical (unpaired) electrons. The zero-order valence-electron chi connectivity index (χ0n) is 20.4. The molecule has 5 rings (SSSR count). The Balaban J connectivity index is 1.23. The minimum atomic E-state index is -4.47. The van der Waals surface area contributed by atoms with E-state index in [4.69, 9.17) is 9.47 Å². The normalized spacial score (nSPS) is 35.2. The highest BCUT2D eigenvalue weighted by Gasteiger charge is 2.53. The van der Waals surface area contributed by atoms with Crippen LogP contribution >= 0.6 is 0 Å². The van der Waals surface area contributed by atoms with Crippen molar-refractivity contribution >= 4 is 11.7 Å². The van der Waals surface area contributed by atoms with Gasteiger partial charge in [0.05, 0.1) is 30.2 Å². The van der Waals surface area contributed by atoms with E-state index in [1.807, 2.05) is 9.80 Å². The van der Waals surface area contributed by atoms with Crippen molar-refractivity contribution in [3.63, 3.8) is 0 Å². The summed E-state index contributed by atoms with van der Waals surface area (Å²) in [5.74, 6) is 0.558. The van der Waals surface area contributed by atoms with Crippen molar-refractivity contribution in [2.75, 3.05) is 38.3 Å². The molecule has 0 unspecified atom stereocenters. The molecule has 3 aliphatic heterocycles. The van der Waals surface area contributed by atoms with Gasteiger partial charge in [-0.3, -0.25) is 4.79 Å². The number of nitrogens with zero attached hydrogens (tertiary/aromatic N) is 3. The molecular weight excluding hydrogens is 461 g/mol. The van der Waals surface area contributed by atoms with Crippen LogP contribution in [0.25, 0.3) is 0 Å². The first-order chi connectivity index (χ1) is 16.7. The minimum absolute atomic E-state index is 0.00821. The maximum absolute atomic E-state index is 13.8. The van der Waals surface area contributed by atoms with Crippen LogP contribution in [-0.2, 0) is 20.4 Å². The average molecular weight is 497 g/mol. The summed E-state index contributed by atoms with van der Waals surface area (Å²) in [5.41, 5.74) is -1.25. The lowest BCUT2D eigenvalue weighted by Crippen LogP contribution is -2.54. The van der Waals surface area contributed by atoms with Crippen LogP contribution in [0.5, 0.6) is 0 Å². The Morgan fingerprint density at radius 2 is 2.11 bits per heavy atom. The summed E-state index contributed by atoms with van der Waals surface area (Å²) >= 11 is 0. The SMILES string of the molecule is CC[C@]1(C(=O)N2C[C@@H]3C[C@H]2CN3c2cccc(C(F)(F)F)n2)CC[C@@H](N[C@H]2CCOC[C@H]2OC)C1. The van der Waals surface area contributed by atoms with E-state index in [1.54, 1.807) is 13.2 Å². The maximum Gasteiger partial charge on any atom is 0.433 e. The largest absolute Gasteiger partial charge is 0.433 e. The number of anilines is 1. The van der Waals surface area contributed by atoms with Gasteiger partial charge < -0.3 is 24.6 Å². The molecule has 4 heterocycles. The van der Waals surface area contributed by atoms with Crippen LogP contribution in [0.2, 0.25) is 0 Å². The second kappa shape index (κ2) is 9.52. The molecule has 1 aromatic heterocycles. The predicted octanol–water partition coefficient (Wildman–Crippen LogP) is 3.23. The molecule has 4 aliphatic rings. The third-order valence-corrected chi connectivity index (χ3v) is 8.62. The topological polar surface area (TPSA) is 66.9 Å². The number of carbonyl (C=O) groups excluding carboxylic acids is 1. The molecule has 35 heavy (non-hydrogen) atoms. The zero-order valence-corrected chi connectivity index (χ0v) is 20.4. The highest BCUT2D eigenvalue weighted by Crippen LogP contribution is 2.46. The lowest BCUT2D eigenvalue weighted by Gasteiger charge is -2.40. The number of aromatic nitrogens is 1. The molecule has 10 heteroatoms. The summed E-state index contributed by atoms with van der Waals surface area (Å²) in [6.45, 7) is 4.49. The molecule has 2 bridgehead atoms. The summed E-state index contributed by atoms with van der Waals surface area (Å²) in [5, 5.41) is 3.75. The molecule has 194 valence electrons. The van der Waals surface area contributed by atoms with Gasteiger partial charge in [-0.2, -0.15) is 13.2 Å². The molecule has 1 aliphatic carbocycles. The predicted molar refractivity (Wildman–Crippen MR) is 124 cm³/mol. The fraction of sp³-hybridized carbons (Fsp3) is 0.760. The van der Waals surface area contributed by atoms with Crippen molar-refractivity contribution < 1.29 is 27.4 Å². The summed E-state index contributed by atoms with van der Waals surface area (Å²) in [6.07, 6.45) is 0.649. The van der Waals surface area contributed by atoms with Crippen LogP contribution in [-0.4, -0.2) is 79.5 Å². The van der Waals surface area contributed by atoms with Crippen molar-refractivity contribution in [1.29, 1.82) is 0 Å². The monoisotopic (exact) mass is 496 g/mol. The van der Waals surface area contributed by atoms with Gasteiger partial charge in [0.25, 0.3) is 0 Å². The Labute approximate surface area is 204 Å². The lowest BCUT2D eigenvalue weighted by atomic mass is 9.81. The Morgan fingerprint density at radius 3 is 2.80 bits per heavy atom. The van der Waals surface area contributed by atoms with Gasteiger partial charge in [0.15, 0.2) is 0 Å². The van der Waals surface area contributed by atoms with Gasteiger partial charge in [0, 0.05) is 38.9 Å². The van der Waals surface area contributed by atoms with Gasteiger partial charge in [0.1, 0.15) is 11.5 Å². The third-order valence-electron chi connectivity index (χ3n) is 8.62. The molecule has 3 saturated heterocycles. The molecule has 7 nitrogen and oxygen atoms in total. The number of methoxy groups -OCH3 is 1. The first-order valence-corrected chi connectivity index (χ1v) is 12.7. The first kappa shape index (κ1) is 24.8. The molecule has 4 fully saturated rings. The molecule has 1 amide bonds. The Morgan fingerprint density at radius 1 is 1.29 bits per heavy atom. The second-order valence-corrected chi connectivity index (χ2v) is 10.5. The number of piperazine rings is 1. The number of alkyl halides is 3. The fourth-order valence-electron chi connectivity index (χ4n) is 6.61. The van der Waals surface area contributed by atoms with E-state index >= 15 is 0 Å².